The fraction of sp³-hybridized carbons (Fsp3) is 1.00. The molecule has 0 amide bonds. The normalized spacial score (nSPS) is 16.9. The molecule has 0 aliphatic rings. The van der Waals surface area contributed by atoms with Gasteiger partial charge in [0.25, 0.3) is 0 Å². The van der Waals surface area contributed by atoms with Crippen LogP contribution in [0.4, 0.5) is 8.78 Å². The molecule has 1 unspecified atom stereocenters. The van der Waals surface area contributed by atoms with Crippen molar-refractivity contribution < 1.29 is 21.8 Å². The summed E-state index contributed by atoms with van der Waals surface area (Å²) in [6.45, 7) is 0.773. The van der Waals surface area contributed by atoms with E-state index in [-0.39, 0.29) is 0 Å². The molecule has 3 nitrogen and oxygen atoms in total. The van der Waals surface area contributed by atoms with Gasteiger partial charge >= 0.3 is 15.4 Å². The second-order valence-corrected chi connectivity index (χ2v) is 3.80. The van der Waals surface area contributed by atoms with Crippen LogP contribution in [0.2, 0.25) is 0 Å². The number of hydrogen-bond acceptors (Lipinski definition) is 2. The van der Waals surface area contributed by atoms with Crippen molar-refractivity contribution in [3.05, 3.63) is 0 Å². The average Bonchev–Trinajstić information content (AvgIpc) is 1.62. The van der Waals surface area contributed by atoms with Crippen molar-refractivity contribution >= 4 is 21.7 Å². The molecule has 0 bridgehead atoms. The fourth-order valence-corrected chi connectivity index (χ4v) is 0.953. The van der Waals surface area contributed by atoms with Crippen molar-refractivity contribution in [3.63, 3.8) is 0 Å². The molecule has 0 aromatic heterocycles. The molecule has 0 heterocycles. The topological polar surface area (TPSA) is 54.4 Å². The van der Waals surface area contributed by atoms with E-state index in [1.54, 1.807) is 0 Å². The Labute approximate surface area is 61.7 Å². The summed E-state index contributed by atoms with van der Waals surface area (Å²) in [4.78, 5) is 0. The maximum atomic E-state index is 12.1. The molecule has 0 fully saturated rings. The Morgan fingerprint density at radius 2 is 1.90 bits per heavy atom. The van der Waals surface area contributed by atoms with Gasteiger partial charge in [-0.3, -0.25) is 4.55 Å². The smallest absolute Gasteiger partial charge is 0.281 e. The highest BCUT2D eigenvalue weighted by Crippen LogP contribution is 2.28. The van der Waals surface area contributed by atoms with E-state index < -0.39 is 20.7 Å². The molecule has 0 saturated heterocycles. The summed E-state index contributed by atoms with van der Waals surface area (Å²) in [6, 6.07) is 0. The van der Waals surface area contributed by atoms with Gasteiger partial charge in [-0.05, 0) is 6.92 Å². The van der Waals surface area contributed by atoms with Crippen LogP contribution >= 0.6 is 11.6 Å². The molecule has 10 heavy (non-hydrogen) atoms. The van der Waals surface area contributed by atoms with E-state index in [1.165, 1.54) is 0 Å². The average molecular weight is 195 g/mol. The minimum Gasteiger partial charge on any atom is -0.281 e. The van der Waals surface area contributed by atoms with Crippen LogP contribution in [0.1, 0.15) is 6.92 Å². The summed E-state index contributed by atoms with van der Waals surface area (Å²) in [6.07, 6.45) is 0. The zero-order chi connectivity index (χ0) is 8.58. The summed E-state index contributed by atoms with van der Waals surface area (Å²) >= 11 is 4.76. The van der Waals surface area contributed by atoms with Gasteiger partial charge < -0.3 is 0 Å². The van der Waals surface area contributed by atoms with Gasteiger partial charge in [0.2, 0.25) is 0 Å². The Hall–Kier alpha value is 0.0600. The molecule has 0 aliphatic heterocycles. The second-order valence-electron chi connectivity index (χ2n) is 1.65. The lowest BCUT2D eigenvalue weighted by Gasteiger charge is -2.13. The molecular formula is C3H5ClF2O3S. The SMILES string of the molecule is CC(Cl)C(F)(F)S(=O)(=O)O. The molecule has 0 spiro atoms. The Morgan fingerprint density at radius 1 is 1.60 bits per heavy atom. The predicted octanol–water partition coefficient (Wildman–Crippen LogP) is 1.09. The van der Waals surface area contributed by atoms with Crippen molar-refractivity contribution in [1.82, 2.24) is 0 Å². The monoisotopic (exact) mass is 194 g/mol. The Morgan fingerprint density at radius 3 is 1.90 bits per heavy atom. The molecule has 0 rings (SSSR count). The molecule has 0 aliphatic carbocycles. The summed E-state index contributed by atoms with van der Waals surface area (Å²) in [5, 5.41) is -6.21. The third-order valence-corrected chi connectivity index (χ3v) is 2.25. The zero-order valence-corrected chi connectivity index (χ0v) is 6.46. The highest BCUT2D eigenvalue weighted by Gasteiger charge is 2.48. The van der Waals surface area contributed by atoms with Crippen LogP contribution in [-0.2, 0) is 10.1 Å². The van der Waals surface area contributed by atoms with Crippen molar-refractivity contribution in [1.29, 1.82) is 0 Å². The number of rotatable bonds is 2. The van der Waals surface area contributed by atoms with E-state index in [4.69, 9.17) is 16.2 Å². The van der Waals surface area contributed by atoms with Crippen molar-refractivity contribution in [2.45, 2.75) is 17.6 Å². The quantitative estimate of drug-likeness (QED) is 0.529. The number of hydrogen-bond donors (Lipinski definition) is 1. The fourth-order valence-electron chi connectivity index (χ4n) is 0.205. The van der Waals surface area contributed by atoms with Crippen LogP contribution in [0, 0.1) is 0 Å². The second kappa shape index (κ2) is 2.60. The van der Waals surface area contributed by atoms with Gasteiger partial charge in [-0.1, -0.05) is 0 Å². The van der Waals surface area contributed by atoms with Crippen molar-refractivity contribution in [3.8, 4) is 0 Å². The van der Waals surface area contributed by atoms with E-state index in [1.807, 2.05) is 0 Å². The van der Waals surface area contributed by atoms with Gasteiger partial charge in [0.1, 0.15) is 5.38 Å². The van der Waals surface area contributed by atoms with Crippen LogP contribution in [0.25, 0.3) is 0 Å². The highest BCUT2D eigenvalue weighted by atomic mass is 35.5. The van der Waals surface area contributed by atoms with Gasteiger partial charge in [-0.2, -0.15) is 17.2 Å². The van der Waals surface area contributed by atoms with Crippen molar-refractivity contribution in [2.75, 3.05) is 0 Å². The molecule has 0 aromatic rings. The first kappa shape index (κ1) is 10.1. The van der Waals surface area contributed by atoms with Crippen LogP contribution < -0.4 is 0 Å². The van der Waals surface area contributed by atoms with Crippen LogP contribution in [0.3, 0.4) is 0 Å². The first-order valence-corrected chi connectivity index (χ1v) is 4.06. The van der Waals surface area contributed by atoms with Gasteiger partial charge in [-0.15, -0.1) is 11.6 Å². The van der Waals surface area contributed by atoms with E-state index in [2.05, 4.69) is 0 Å². The minimum atomic E-state index is -5.37. The molecule has 0 radical (unpaired) electrons. The summed E-state index contributed by atoms with van der Waals surface area (Å²) in [5.74, 6) is 0. The predicted molar refractivity (Wildman–Crippen MR) is 31.8 cm³/mol. The Bertz CT molecular complexity index is 210. The van der Waals surface area contributed by atoms with Gasteiger partial charge in [0.05, 0.1) is 0 Å². The molecule has 1 atom stereocenters. The lowest BCUT2D eigenvalue weighted by atomic mass is 10.5. The van der Waals surface area contributed by atoms with E-state index in [0.717, 1.165) is 6.92 Å². The zero-order valence-electron chi connectivity index (χ0n) is 4.88. The number of halogens is 3. The van der Waals surface area contributed by atoms with Crippen molar-refractivity contribution in [2.24, 2.45) is 0 Å². The van der Waals surface area contributed by atoms with Crippen LogP contribution in [-0.4, -0.2) is 23.6 Å². The number of alkyl halides is 3. The molecule has 0 saturated carbocycles. The Kier molecular flexibility index (Phi) is 2.61. The third-order valence-electron chi connectivity index (χ3n) is 0.807. The van der Waals surface area contributed by atoms with Crippen LogP contribution in [0.15, 0.2) is 0 Å². The van der Waals surface area contributed by atoms with Gasteiger partial charge in [0.15, 0.2) is 0 Å². The van der Waals surface area contributed by atoms with Gasteiger partial charge in [0, 0.05) is 0 Å². The summed E-state index contributed by atoms with van der Waals surface area (Å²) in [7, 11) is -5.37. The Balaban J connectivity index is 4.76. The maximum absolute atomic E-state index is 12.1. The standard InChI is InChI=1S/C3H5ClF2O3S/c1-2(4)3(5,6)10(7,8)9/h2H,1H3,(H,7,8,9). The molecule has 62 valence electrons. The third kappa shape index (κ3) is 1.77. The van der Waals surface area contributed by atoms with E-state index in [9.17, 15) is 17.2 Å². The summed E-state index contributed by atoms with van der Waals surface area (Å²) in [5.41, 5.74) is 0. The molecule has 0 aromatic carbocycles. The highest BCUT2D eigenvalue weighted by molar-refractivity contribution is 7.87. The first-order valence-electron chi connectivity index (χ1n) is 2.18. The van der Waals surface area contributed by atoms with Gasteiger partial charge in [-0.25, -0.2) is 0 Å². The van der Waals surface area contributed by atoms with E-state index in [0.29, 0.717) is 0 Å². The molecular weight excluding hydrogens is 190 g/mol. The summed E-state index contributed by atoms with van der Waals surface area (Å²) < 4.78 is 51.7. The molecule has 1 N–H and O–H groups in total. The maximum Gasteiger partial charge on any atom is 0.385 e. The lowest BCUT2D eigenvalue weighted by Crippen LogP contribution is -2.35. The minimum absolute atomic E-state index is 0.773. The molecule has 7 heteroatoms. The lowest BCUT2D eigenvalue weighted by molar-refractivity contribution is 0.0806. The van der Waals surface area contributed by atoms with Crippen LogP contribution in [0.5, 0.6) is 0 Å². The largest absolute Gasteiger partial charge is 0.385 e. The first-order chi connectivity index (χ1) is 4.19. The van der Waals surface area contributed by atoms with E-state index >= 15 is 0 Å².